The Morgan fingerprint density at radius 1 is 0.769 bits per heavy atom. The van der Waals surface area contributed by atoms with Crippen molar-refractivity contribution in [2.24, 2.45) is 5.73 Å². The molecule has 0 saturated heterocycles. The van der Waals surface area contributed by atoms with Gasteiger partial charge in [-0.15, -0.1) is 0 Å². The van der Waals surface area contributed by atoms with Gasteiger partial charge in [-0.3, -0.25) is 0 Å². The quantitative estimate of drug-likeness (QED) is 0.510. The molecular formula is C22H31NO3. The van der Waals surface area contributed by atoms with Crippen LogP contribution in [0.25, 0.3) is 0 Å². The molecule has 4 nitrogen and oxygen atoms in total. The van der Waals surface area contributed by atoms with Crippen LogP contribution in [0, 0.1) is 0 Å². The Morgan fingerprint density at radius 2 is 1.42 bits per heavy atom. The number of ether oxygens (including phenoxy) is 1. The van der Waals surface area contributed by atoms with E-state index in [9.17, 15) is 10.2 Å². The highest BCUT2D eigenvalue weighted by atomic mass is 16.5. The summed E-state index contributed by atoms with van der Waals surface area (Å²) in [5.74, 6) is 0.875. The zero-order valence-corrected chi connectivity index (χ0v) is 15.4. The summed E-state index contributed by atoms with van der Waals surface area (Å²) in [7, 11) is 0. The summed E-state index contributed by atoms with van der Waals surface area (Å²) in [4.78, 5) is 0. The first-order valence-corrected chi connectivity index (χ1v) is 9.41. The maximum atomic E-state index is 9.23. The molecule has 2 rings (SSSR count). The highest BCUT2D eigenvalue weighted by Crippen LogP contribution is 2.17. The Hall–Kier alpha value is -1.88. The van der Waals surface area contributed by atoms with Crippen molar-refractivity contribution in [2.45, 2.75) is 44.1 Å². The molecule has 26 heavy (non-hydrogen) atoms. The Bertz CT molecular complexity index is 609. The second kappa shape index (κ2) is 11.0. The summed E-state index contributed by atoms with van der Waals surface area (Å²) in [6.45, 7) is 0.305. The van der Waals surface area contributed by atoms with Gasteiger partial charge in [0.05, 0.1) is 25.4 Å². The highest BCUT2D eigenvalue weighted by molar-refractivity contribution is 5.27. The Kier molecular flexibility index (Phi) is 8.62. The lowest BCUT2D eigenvalue weighted by Crippen LogP contribution is -2.47. The maximum Gasteiger partial charge on any atom is 0.119 e. The van der Waals surface area contributed by atoms with Crippen LogP contribution in [-0.4, -0.2) is 35.6 Å². The molecule has 0 saturated carbocycles. The maximum absolute atomic E-state index is 9.23. The number of unbranched alkanes of at least 4 members (excludes halogenated alkanes) is 2. The summed E-state index contributed by atoms with van der Waals surface area (Å²) in [6, 6.07) is 18.5. The molecule has 0 atom stereocenters. The van der Waals surface area contributed by atoms with Crippen molar-refractivity contribution in [2.75, 3.05) is 19.8 Å². The molecule has 0 radical (unpaired) electrons. The van der Waals surface area contributed by atoms with Crippen LogP contribution in [0.4, 0.5) is 0 Å². The van der Waals surface area contributed by atoms with Crippen molar-refractivity contribution in [1.82, 2.24) is 0 Å². The van der Waals surface area contributed by atoms with Gasteiger partial charge in [-0.1, -0.05) is 42.5 Å². The molecule has 0 amide bonds. The van der Waals surface area contributed by atoms with Crippen molar-refractivity contribution in [3.8, 4) is 5.75 Å². The van der Waals surface area contributed by atoms with E-state index < -0.39 is 5.54 Å². The first-order chi connectivity index (χ1) is 12.6. The molecule has 0 bridgehead atoms. The van der Waals surface area contributed by atoms with E-state index in [-0.39, 0.29) is 13.2 Å². The monoisotopic (exact) mass is 357 g/mol. The van der Waals surface area contributed by atoms with Gasteiger partial charge >= 0.3 is 0 Å². The number of nitrogens with two attached hydrogens (primary N) is 1. The van der Waals surface area contributed by atoms with Crippen molar-refractivity contribution < 1.29 is 14.9 Å². The smallest absolute Gasteiger partial charge is 0.119 e. The van der Waals surface area contributed by atoms with Gasteiger partial charge < -0.3 is 20.7 Å². The first kappa shape index (κ1) is 20.4. The van der Waals surface area contributed by atoms with Crippen LogP contribution in [0.2, 0.25) is 0 Å². The van der Waals surface area contributed by atoms with Gasteiger partial charge in [-0.05, 0) is 61.8 Å². The number of hydrogen-bond acceptors (Lipinski definition) is 4. The average Bonchev–Trinajstić information content (AvgIpc) is 2.70. The van der Waals surface area contributed by atoms with Crippen LogP contribution in [0.1, 0.15) is 36.8 Å². The van der Waals surface area contributed by atoms with Gasteiger partial charge in [-0.25, -0.2) is 0 Å². The summed E-state index contributed by atoms with van der Waals surface area (Å²) in [5.41, 5.74) is 7.50. The fourth-order valence-electron chi connectivity index (χ4n) is 2.80. The second-order valence-corrected chi connectivity index (χ2v) is 6.97. The molecular weight excluding hydrogens is 326 g/mol. The van der Waals surface area contributed by atoms with E-state index in [2.05, 4.69) is 24.3 Å². The number of aryl methyl sites for hydroxylation is 2. The van der Waals surface area contributed by atoms with Crippen molar-refractivity contribution >= 4 is 0 Å². The van der Waals surface area contributed by atoms with Gasteiger partial charge in [0, 0.05) is 0 Å². The number of aliphatic hydroxyl groups is 2. The van der Waals surface area contributed by atoms with Crippen molar-refractivity contribution in [3.05, 3.63) is 65.7 Å². The summed E-state index contributed by atoms with van der Waals surface area (Å²) >= 11 is 0. The van der Waals surface area contributed by atoms with E-state index in [1.165, 1.54) is 12.0 Å². The molecule has 142 valence electrons. The molecule has 0 aliphatic rings. The van der Waals surface area contributed by atoms with Crippen molar-refractivity contribution in [1.29, 1.82) is 0 Å². The zero-order valence-electron chi connectivity index (χ0n) is 15.4. The number of rotatable bonds is 12. The number of aliphatic hydroxyl groups excluding tert-OH is 2. The van der Waals surface area contributed by atoms with Crippen LogP contribution in [0.3, 0.4) is 0 Å². The lowest BCUT2D eigenvalue weighted by Gasteiger charge is -2.24. The van der Waals surface area contributed by atoms with Crippen LogP contribution in [0.15, 0.2) is 54.6 Å². The molecule has 0 spiro atoms. The number of hydrogen-bond donors (Lipinski definition) is 3. The minimum atomic E-state index is -0.908. The first-order valence-electron chi connectivity index (χ1n) is 9.41. The lowest BCUT2D eigenvalue weighted by atomic mass is 9.94. The van der Waals surface area contributed by atoms with Crippen molar-refractivity contribution in [3.63, 3.8) is 0 Å². The van der Waals surface area contributed by atoms with E-state index in [4.69, 9.17) is 10.5 Å². The van der Waals surface area contributed by atoms with E-state index in [1.807, 2.05) is 30.3 Å². The Morgan fingerprint density at radius 3 is 2.08 bits per heavy atom. The molecule has 0 aliphatic heterocycles. The summed E-state index contributed by atoms with van der Waals surface area (Å²) < 4.78 is 5.80. The normalized spacial score (nSPS) is 11.5. The molecule has 4 N–H and O–H groups in total. The van der Waals surface area contributed by atoms with Gasteiger partial charge in [0.25, 0.3) is 0 Å². The van der Waals surface area contributed by atoms with E-state index in [0.717, 1.165) is 43.6 Å². The fourth-order valence-corrected chi connectivity index (χ4v) is 2.80. The molecule has 2 aromatic rings. The average molecular weight is 357 g/mol. The summed E-state index contributed by atoms with van der Waals surface area (Å²) in [6.07, 6.45) is 5.78. The van der Waals surface area contributed by atoms with Crippen LogP contribution in [0.5, 0.6) is 5.75 Å². The number of benzene rings is 2. The highest BCUT2D eigenvalue weighted by Gasteiger charge is 2.22. The largest absolute Gasteiger partial charge is 0.494 e. The van der Waals surface area contributed by atoms with Crippen LogP contribution < -0.4 is 10.5 Å². The minimum Gasteiger partial charge on any atom is -0.494 e. The van der Waals surface area contributed by atoms with E-state index in [1.54, 1.807) is 0 Å². The van der Waals surface area contributed by atoms with Gasteiger partial charge in [0.2, 0.25) is 0 Å². The molecule has 2 aromatic carbocycles. The van der Waals surface area contributed by atoms with Crippen LogP contribution in [-0.2, 0) is 12.8 Å². The Labute approximate surface area is 156 Å². The minimum absolute atomic E-state index is 0.213. The predicted octanol–water partition coefficient (Wildman–Crippen LogP) is 3.09. The molecule has 4 heteroatoms. The molecule has 0 fully saturated rings. The molecule has 0 aromatic heterocycles. The zero-order chi connectivity index (χ0) is 18.7. The van der Waals surface area contributed by atoms with E-state index in [0.29, 0.717) is 6.42 Å². The van der Waals surface area contributed by atoms with Gasteiger partial charge in [0.15, 0.2) is 0 Å². The predicted molar refractivity (Wildman–Crippen MR) is 105 cm³/mol. The van der Waals surface area contributed by atoms with Crippen LogP contribution >= 0.6 is 0 Å². The molecule has 0 aliphatic carbocycles. The topological polar surface area (TPSA) is 75.7 Å². The van der Waals surface area contributed by atoms with Gasteiger partial charge in [-0.2, -0.15) is 0 Å². The summed E-state index contributed by atoms with van der Waals surface area (Å²) in [5, 5.41) is 18.5. The second-order valence-electron chi connectivity index (χ2n) is 6.97. The third-order valence-electron chi connectivity index (χ3n) is 4.69. The fraction of sp³-hybridized carbons (Fsp3) is 0.455. The standard InChI is InChI=1S/C22H31NO3/c23-22(17-24,18-25)15-14-20-10-12-21(13-11-20)26-16-6-2-5-9-19-7-3-1-4-8-19/h1,3-4,7-8,10-13,24-25H,2,5-6,9,14-18,23H2. The third kappa shape index (κ3) is 7.16. The Balaban J connectivity index is 1.61. The molecule has 0 heterocycles. The lowest BCUT2D eigenvalue weighted by molar-refractivity contribution is 0.115. The third-order valence-corrected chi connectivity index (χ3v) is 4.69. The SMILES string of the molecule is NC(CO)(CO)CCc1ccc(OCCCCCc2ccccc2)cc1. The molecule has 0 unspecified atom stereocenters. The van der Waals surface area contributed by atoms with Gasteiger partial charge in [0.1, 0.15) is 5.75 Å². The van der Waals surface area contributed by atoms with E-state index >= 15 is 0 Å².